The van der Waals surface area contributed by atoms with Crippen LogP contribution < -0.4 is 10.1 Å². The Morgan fingerprint density at radius 3 is 2.37 bits per heavy atom. The average molecular weight is 259 g/mol. The van der Waals surface area contributed by atoms with Gasteiger partial charge in [0.2, 0.25) is 0 Å². The van der Waals surface area contributed by atoms with E-state index in [9.17, 15) is 4.39 Å². The second-order valence-electron chi connectivity index (χ2n) is 4.62. The minimum absolute atomic E-state index is 0.284. The number of aromatic nitrogens is 2. The highest BCUT2D eigenvalue weighted by atomic mass is 19.1. The van der Waals surface area contributed by atoms with Crippen molar-refractivity contribution in [2.24, 2.45) is 5.92 Å². The molecule has 1 aromatic carbocycles. The zero-order valence-corrected chi connectivity index (χ0v) is 10.3. The maximum atomic E-state index is 12.8. The van der Waals surface area contributed by atoms with Gasteiger partial charge < -0.3 is 10.1 Å². The van der Waals surface area contributed by atoms with Gasteiger partial charge in [0.25, 0.3) is 0 Å². The van der Waals surface area contributed by atoms with E-state index in [1.165, 1.54) is 12.1 Å². The number of nitrogens with zero attached hydrogens (tertiary/aromatic N) is 2. The Hall–Kier alpha value is -2.01. The van der Waals surface area contributed by atoms with E-state index in [1.807, 2.05) is 0 Å². The summed E-state index contributed by atoms with van der Waals surface area (Å²) in [6.45, 7) is 2.08. The van der Waals surface area contributed by atoms with E-state index < -0.39 is 0 Å². The van der Waals surface area contributed by atoms with Crippen molar-refractivity contribution in [3.8, 4) is 11.5 Å². The number of benzene rings is 1. The van der Waals surface area contributed by atoms with E-state index >= 15 is 0 Å². The van der Waals surface area contributed by atoms with Crippen molar-refractivity contribution in [3.63, 3.8) is 0 Å². The summed E-state index contributed by atoms with van der Waals surface area (Å²) in [5, 5.41) is 3.22. The van der Waals surface area contributed by atoms with Crippen molar-refractivity contribution >= 4 is 0 Å². The highest BCUT2D eigenvalue weighted by molar-refractivity contribution is 5.28. The van der Waals surface area contributed by atoms with Crippen LogP contribution in [0, 0.1) is 11.7 Å². The molecule has 1 saturated heterocycles. The van der Waals surface area contributed by atoms with Gasteiger partial charge in [-0.25, -0.2) is 14.4 Å². The zero-order chi connectivity index (χ0) is 13.1. The van der Waals surface area contributed by atoms with E-state index in [1.54, 1.807) is 24.5 Å². The van der Waals surface area contributed by atoms with Gasteiger partial charge in [0.1, 0.15) is 17.4 Å². The van der Waals surface area contributed by atoms with Gasteiger partial charge in [0.15, 0.2) is 5.75 Å². The Labute approximate surface area is 110 Å². The fourth-order valence-corrected chi connectivity index (χ4v) is 1.89. The van der Waals surface area contributed by atoms with Gasteiger partial charge in [0.05, 0.1) is 12.4 Å². The summed E-state index contributed by atoms with van der Waals surface area (Å²) >= 11 is 0. The van der Waals surface area contributed by atoms with Gasteiger partial charge >= 0.3 is 0 Å². The molecule has 0 atom stereocenters. The summed E-state index contributed by atoms with van der Waals surface area (Å²) in [6.07, 6.45) is 4.19. The van der Waals surface area contributed by atoms with Crippen molar-refractivity contribution in [1.82, 2.24) is 15.3 Å². The standard InChI is InChI=1S/C14H14FN3O/c15-11-1-3-12(4-2-11)19-13-8-17-14(18-9-13)5-10-6-16-7-10/h1-4,8-10,16H,5-7H2. The number of nitrogens with one attached hydrogen (secondary N) is 1. The monoisotopic (exact) mass is 259 g/mol. The first-order chi connectivity index (χ1) is 9.29. The molecule has 2 aromatic rings. The molecule has 1 aliphatic rings. The Bertz CT molecular complexity index is 538. The SMILES string of the molecule is Fc1ccc(Oc2cnc(CC3CNC3)nc2)cc1. The van der Waals surface area contributed by atoms with Crippen LogP contribution in [0.1, 0.15) is 5.82 Å². The van der Waals surface area contributed by atoms with Crippen molar-refractivity contribution in [2.45, 2.75) is 6.42 Å². The summed E-state index contributed by atoms with van der Waals surface area (Å²) in [5.74, 6) is 2.32. The van der Waals surface area contributed by atoms with Crippen LogP contribution in [-0.4, -0.2) is 23.1 Å². The molecule has 1 aromatic heterocycles. The van der Waals surface area contributed by atoms with E-state index in [4.69, 9.17) is 4.74 Å². The number of halogens is 1. The molecule has 0 radical (unpaired) electrons. The molecule has 1 N–H and O–H groups in total. The summed E-state index contributed by atoms with van der Waals surface area (Å²) in [6, 6.07) is 5.86. The lowest BCUT2D eigenvalue weighted by atomic mass is 9.99. The van der Waals surface area contributed by atoms with E-state index in [0.29, 0.717) is 17.4 Å². The van der Waals surface area contributed by atoms with Crippen molar-refractivity contribution in [1.29, 1.82) is 0 Å². The summed E-state index contributed by atoms with van der Waals surface area (Å²) in [7, 11) is 0. The second kappa shape index (κ2) is 5.32. The maximum absolute atomic E-state index is 12.8. The Balaban J connectivity index is 1.63. The van der Waals surface area contributed by atoms with Crippen LogP contribution in [-0.2, 0) is 6.42 Å². The smallest absolute Gasteiger partial charge is 0.164 e. The quantitative estimate of drug-likeness (QED) is 0.914. The van der Waals surface area contributed by atoms with E-state index in [0.717, 1.165) is 25.3 Å². The number of hydrogen-bond acceptors (Lipinski definition) is 4. The molecular weight excluding hydrogens is 245 g/mol. The van der Waals surface area contributed by atoms with Gasteiger partial charge in [-0.15, -0.1) is 0 Å². The van der Waals surface area contributed by atoms with E-state index in [-0.39, 0.29) is 5.82 Å². The molecule has 0 aliphatic carbocycles. The predicted octanol–water partition coefficient (Wildman–Crippen LogP) is 2.17. The molecule has 2 heterocycles. The van der Waals surface area contributed by atoms with Gasteiger partial charge in [0, 0.05) is 6.42 Å². The first-order valence-electron chi connectivity index (χ1n) is 6.24. The summed E-state index contributed by atoms with van der Waals surface area (Å²) in [4.78, 5) is 8.55. The van der Waals surface area contributed by atoms with Crippen LogP contribution in [0.3, 0.4) is 0 Å². The molecule has 0 bridgehead atoms. The van der Waals surface area contributed by atoms with E-state index in [2.05, 4.69) is 15.3 Å². The van der Waals surface area contributed by atoms with Gasteiger partial charge in [-0.2, -0.15) is 0 Å². The summed E-state index contributed by atoms with van der Waals surface area (Å²) in [5.41, 5.74) is 0. The van der Waals surface area contributed by atoms with Crippen molar-refractivity contribution in [2.75, 3.05) is 13.1 Å². The zero-order valence-electron chi connectivity index (χ0n) is 10.3. The molecule has 98 valence electrons. The number of ether oxygens (including phenoxy) is 1. The van der Waals surface area contributed by atoms with Crippen LogP contribution in [0.2, 0.25) is 0 Å². The molecule has 0 saturated carbocycles. The van der Waals surface area contributed by atoms with Gasteiger partial charge in [-0.3, -0.25) is 0 Å². The first kappa shape index (κ1) is 12.0. The molecule has 3 rings (SSSR count). The highest BCUT2D eigenvalue weighted by Crippen LogP contribution is 2.20. The molecule has 0 amide bonds. The fourth-order valence-electron chi connectivity index (χ4n) is 1.89. The number of rotatable bonds is 4. The molecule has 19 heavy (non-hydrogen) atoms. The molecule has 0 spiro atoms. The normalized spacial score (nSPS) is 15.0. The fraction of sp³-hybridized carbons (Fsp3) is 0.286. The minimum Gasteiger partial charge on any atom is -0.454 e. The lowest BCUT2D eigenvalue weighted by Crippen LogP contribution is -2.43. The number of hydrogen-bond donors (Lipinski definition) is 1. The largest absolute Gasteiger partial charge is 0.454 e. The van der Waals surface area contributed by atoms with Crippen molar-refractivity contribution < 1.29 is 9.13 Å². The summed E-state index contributed by atoms with van der Waals surface area (Å²) < 4.78 is 18.3. The molecule has 1 aliphatic heterocycles. The van der Waals surface area contributed by atoms with Crippen LogP contribution in [0.15, 0.2) is 36.7 Å². The third-order valence-corrected chi connectivity index (χ3v) is 3.07. The molecule has 4 nitrogen and oxygen atoms in total. The molecule has 0 unspecified atom stereocenters. The van der Waals surface area contributed by atoms with Crippen LogP contribution in [0.5, 0.6) is 11.5 Å². The Kier molecular flexibility index (Phi) is 3.37. The topological polar surface area (TPSA) is 47.0 Å². The van der Waals surface area contributed by atoms with Gasteiger partial charge in [-0.1, -0.05) is 0 Å². The van der Waals surface area contributed by atoms with Crippen LogP contribution in [0.25, 0.3) is 0 Å². The highest BCUT2D eigenvalue weighted by Gasteiger charge is 2.18. The molecular formula is C14H14FN3O. The van der Waals surface area contributed by atoms with Gasteiger partial charge in [-0.05, 0) is 43.3 Å². The predicted molar refractivity (Wildman–Crippen MR) is 68.6 cm³/mol. The molecule has 5 heteroatoms. The third kappa shape index (κ3) is 3.06. The average Bonchev–Trinajstić information content (AvgIpc) is 2.38. The second-order valence-corrected chi connectivity index (χ2v) is 4.62. The lowest BCUT2D eigenvalue weighted by Gasteiger charge is -2.26. The van der Waals surface area contributed by atoms with Crippen LogP contribution in [0.4, 0.5) is 4.39 Å². The first-order valence-corrected chi connectivity index (χ1v) is 6.24. The Morgan fingerprint density at radius 1 is 1.11 bits per heavy atom. The maximum Gasteiger partial charge on any atom is 0.164 e. The Morgan fingerprint density at radius 2 is 1.79 bits per heavy atom. The van der Waals surface area contributed by atoms with Crippen molar-refractivity contribution in [3.05, 3.63) is 48.3 Å². The van der Waals surface area contributed by atoms with Crippen LogP contribution >= 0.6 is 0 Å². The third-order valence-electron chi connectivity index (χ3n) is 3.07. The minimum atomic E-state index is -0.284. The molecule has 1 fully saturated rings. The lowest BCUT2D eigenvalue weighted by molar-refractivity contribution is 0.340.